The average Bonchev–Trinajstić information content (AvgIpc) is 2.76. The van der Waals surface area contributed by atoms with Crippen molar-refractivity contribution in [2.45, 2.75) is 13.3 Å². The molecule has 0 saturated carbocycles. The number of thiophene rings is 1. The van der Waals surface area contributed by atoms with Crippen LogP contribution in [0.3, 0.4) is 0 Å². The van der Waals surface area contributed by atoms with Gasteiger partial charge in [-0.1, -0.05) is 28.1 Å². The largest absolute Gasteiger partial charge is 0.466 e. The number of halogens is 1. The van der Waals surface area contributed by atoms with Crippen LogP contribution < -0.4 is 0 Å². The first-order chi connectivity index (χ1) is 9.67. The molecule has 3 rings (SSSR count). The van der Waals surface area contributed by atoms with Crippen molar-refractivity contribution in [1.29, 1.82) is 0 Å². The Morgan fingerprint density at radius 1 is 1.15 bits per heavy atom. The summed E-state index contributed by atoms with van der Waals surface area (Å²) in [5, 5.41) is 2.49. The molecule has 0 unspecified atom stereocenters. The molecule has 2 nitrogen and oxygen atoms in total. The number of hydrogen-bond donors (Lipinski definition) is 0. The highest BCUT2D eigenvalue weighted by molar-refractivity contribution is 9.10. The zero-order chi connectivity index (χ0) is 14.1. The molecule has 2 aromatic carbocycles. The van der Waals surface area contributed by atoms with Gasteiger partial charge in [-0.3, -0.25) is 4.79 Å². The minimum atomic E-state index is -0.171. The Morgan fingerprint density at radius 2 is 2.00 bits per heavy atom. The van der Waals surface area contributed by atoms with Gasteiger partial charge in [0.2, 0.25) is 0 Å². The molecule has 0 fully saturated rings. The van der Waals surface area contributed by atoms with Crippen LogP contribution in [0.4, 0.5) is 0 Å². The summed E-state index contributed by atoms with van der Waals surface area (Å²) in [5.74, 6) is -0.171. The summed E-state index contributed by atoms with van der Waals surface area (Å²) < 4.78 is 8.54. The van der Waals surface area contributed by atoms with Crippen molar-refractivity contribution in [3.05, 3.63) is 46.4 Å². The number of carbonyl (C=O) groups excluding carboxylic acids is 1. The summed E-state index contributed by atoms with van der Waals surface area (Å²) in [6, 6.07) is 12.5. The van der Waals surface area contributed by atoms with Crippen molar-refractivity contribution in [1.82, 2.24) is 0 Å². The van der Waals surface area contributed by atoms with Gasteiger partial charge in [-0.05, 0) is 36.8 Å². The normalized spacial score (nSPS) is 11.1. The first-order valence-corrected chi connectivity index (χ1v) is 8.04. The summed E-state index contributed by atoms with van der Waals surface area (Å²) in [6.45, 7) is 2.25. The zero-order valence-electron chi connectivity index (χ0n) is 11.0. The number of benzene rings is 2. The molecule has 102 valence electrons. The van der Waals surface area contributed by atoms with Gasteiger partial charge in [0, 0.05) is 24.6 Å². The van der Waals surface area contributed by atoms with Gasteiger partial charge in [0.25, 0.3) is 0 Å². The van der Waals surface area contributed by atoms with E-state index in [2.05, 4.69) is 46.3 Å². The first kappa shape index (κ1) is 13.6. The first-order valence-electron chi connectivity index (χ1n) is 6.43. The predicted octanol–water partition coefficient (Wildman–Crippen LogP) is 4.92. The van der Waals surface area contributed by atoms with Gasteiger partial charge in [0.15, 0.2) is 0 Å². The van der Waals surface area contributed by atoms with Crippen LogP contribution in [0.2, 0.25) is 0 Å². The van der Waals surface area contributed by atoms with Gasteiger partial charge in [-0.2, -0.15) is 0 Å². The van der Waals surface area contributed by atoms with E-state index >= 15 is 0 Å². The second-order valence-electron chi connectivity index (χ2n) is 4.55. The minimum absolute atomic E-state index is 0.171. The lowest BCUT2D eigenvalue weighted by atomic mass is 10.1. The van der Waals surface area contributed by atoms with E-state index in [-0.39, 0.29) is 5.97 Å². The second kappa shape index (κ2) is 5.54. The third-order valence-electron chi connectivity index (χ3n) is 3.15. The Bertz CT molecular complexity index is 792. The van der Waals surface area contributed by atoms with Crippen LogP contribution in [0.1, 0.15) is 12.5 Å². The molecule has 0 radical (unpaired) electrons. The molecule has 0 N–H and O–H groups in total. The maximum Gasteiger partial charge on any atom is 0.310 e. The third-order valence-corrected chi connectivity index (χ3v) is 4.78. The quantitative estimate of drug-likeness (QED) is 0.627. The highest BCUT2D eigenvalue weighted by atomic mass is 79.9. The van der Waals surface area contributed by atoms with Crippen LogP contribution >= 0.6 is 27.3 Å². The Morgan fingerprint density at radius 3 is 2.80 bits per heavy atom. The maximum atomic E-state index is 11.5. The molecule has 1 heterocycles. The predicted molar refractivity (Wildman–Crippen MR) is 87.4 cm³/mol. The van der Waals surface area contributed by atoms with Crippen LogP contribution in [0.5, 0.6) is 0 Å². The molecule has 0 bridgehead atoms. The van der Waals surface area contributed by atoms with E-state index in [9.17, 15) is 4.79 Å². The average molecular weight is 349 g/mol. The fourth-order valence-corrected chi connectivity index (χ4v) is 3.79. The fourth-order valence-electron chi connectivity index (χ4n) is 2.28. The lowest BCUT2D eigenvalue weighted by molar-refractivity contribution is -0.142. The fraction of sp³-hybridized carbons (Fsp3) is 0.188. The van der Waals surface area contributed by atoms with Crippen LogP contribution in [0.25, 0.3) is 20.2 Å². The summed E-state index contributed by atoms with van der Waals surface area (Å²) in [4.78, 5) is 11.5. The van der Waals surface area contributed by atoms with Gasteiger partial charge in [-0.15, -0.1) is 11.3 Å². The van der Waals surface area contributed by atoms with Crippen molar-refractivity contribution in [3.63, 3.8) is 0 Å². The molecular formula is C16H13BrO2S. The zero-order valence-corrected chi connectivity index (χ0v) is 13.4. The van der Waals surface area contributed by atoms with E-state index in [4.69, 9.17) is 4.74 Å². The maximum absolute atomic E-state index is 11.5. The van der Waals surface area contributed by atoms with Gasteiger partial charge < -0.3 is 4.74 Å². The Balaban J connectivity index is 2.03. The van der Waals surface area contributed by atoms with Crippen molar-refractivity contribution in [2.75, 3.05) is 6.61 Å². The van der Waals surface area contributed by atoms with Crippen LogP contribution in [-0.4, -0.2) is 12.6 Å². The van der Waals surface area contributed by atoms with E-state index in [1.165, 1.54) is 20.2 Å². The number of ether oxygens (including phenoxy) is 1. The van der Waals surface area contributed by atoms with E-state index < -0.39 is 0 Å². The lowest BCUT2D eigenvalue weighted by Crippen LogP contribution is -2.07. The molecule has 0 aliphatic heterocycles. The highest BCUT2D eigenvalue weighted by Crippen LogP contribution is 2.35. The summed E-state index contributed by atoms with van der Waals surface area (Å²) in [5.41, 5.74) is 1.00. The minimum Gasteiger partial charge on any atom is -0.466 e. The van der Waals surface area contributed by atoms with Crippen LogP contribution in [0, 0.1) is 0 Å². The number of carbonyl (C=O) groups is 1. The van der Waals surface area contributed by atoms with Gasteiger partial charge in [0.05, 0.1) is 13.0 Å². The molecular weight excluding hydrogens is 336 g/mol. The van der Waals surface area contributed by atoms with Gasteiger partial charge >= 0.3 is 5.97 Å². The lowest BCUT2D eigenvalue weighted by Gasteiger charge is -2.02. The number of rotatable bonds is 3. The molecule has 0 atom stereocenters. The van der Waals surface area contributed by atoms with Crippen molar-refractivity contribution >= 4 is 53.4 Å². The molecule has 20 heavy (non-hydrogen) atoms. The summed E-state index contributed by atoms with van der Waals surface area (Å²) >= 11 is 5.26. The standard InChI is InChI=1S/C16H13BrO2S/c1-2-19-16(18)8-10-3-5-12-13-9-11(17)4-6-14(13)20-15(12)7-10/h3-7,9H,2,8H2,1H3. The molecule has 3 aromatic rings. The number of hydrogen-bond acceptors (Lipinski definition) is 3. The van der Waals surface area contributed by atoms with Crippen molar-refractivity contribution < 1.29 is 9.53 Å². The van der Waals surface area contributed by atoms with Crippen LogP contribution in [-0.2, 0) is 16.0 Å². The molecule has 0 aliphatic rings. The molecule has 0 aliphatic carbocycles. The molecule has 0 amide bonds. The molecule has 0 spiro atoms. The molecule has 0 saturated heterocycles. The number of fused-ring (bicyclic) bond motifs is 3. The monoisotopic (exact) mass is 348 g/mol. The third kappa shape index (κ3) is 2.58. The second-order valence-corrected chi connectivity index (χ2v) is 6.55. The van der Waals surface area contributed by atoms with E-state index in [0.717, 1.165) is 10.0 Å². The van der Waals surface area contributed by atoms with Crippen LogP contribution in [0.15, 0.2) is 40.9 Å². The number of esters is 1. The highest BCUT2D eigenvalue weighted by Gasteiger charge is 2.09. The SMILES string of the molecule is CCOC(=O)Cc1ccc2c(c1)sc1ccc(Br)cc12. The van der Waals surface area contributed by atoms with Crippen molar-refractivity contribution in [3.8, 4) is 0 Å². The molecule has 1 aromatic heterocycles. The Labute approximate surface area is 129 Å². The van der Waals surface area contributed by atoms with Crippen molar-refractivity contribution in [2.24, 2.45) is 0 Å². The van der Waals surface area contributed by atoms with Gasteiger partial charge in [0.1, 0.15) is 0 Å². The summed E-state index contributed by atoms with van der Waals surface area (Å²) in [7, 11) is 0. The smallest absolute Gasteiger partial charge is 0.310 e. The Kier molecular flexibility index (Phi) is 3.76. The van der Waals surface area contributed by atoms with E-state index in [1.54, 1.807) is 11.3 Å². The van der Waals surface area contributed by atoms with E-state index in [1.807, 2.05) is 13.0 Å². The van der Waals surface area contributed by atoms with E-state index in [0.29, 0.717) is 13.0 Å². The Hall–Kier alpha value is -1.39. The topological polar surface area (TPSA) is 26.3 Å². The molecule has 4 heteroatoms. The summed E-state index contributed by atoms with van der Waals surface area (Å²) in [6.07, 6.45) is 0.335. The van der Waals surface area contributed by atoms with Gasteiger partial charge in [-0.25, -0.2) is 0 Å².